The van der Waals surface area contributed by atoms with Crippen LogP contribution >= 0.6 is 0 Å². The van der Waals surface area contributed by atoms with Crippen LogP contribution in [0.5, 0.6) is 11.5 Å². The van der Waals surface area contributed by atoms with E-state index in [2.05, 4.69) is 6.92 Å². The van der Waals surface area contributed by atoms with E-state index in [1.54, 1.807) is 21.8 Å². The van der Waals surface area contributed by atoms with Crippen LogP contribution in [0, 0.1) is 5.82 Å². The van der Waals surface area contributed by atoms with Crippen LogP contribution in [0.1, 0.15) is 73.8 Å². The molecule has 0 fully saturated rings. The van der Waals surface area contributed by atoms with E-state index >= 15 is 0 Å². The van der Waals surface area contributed by atoms with Gasteiger partial charge in [0.05, 0.1) is 6.61 Å². The van der Waals surface area contributed by atoms with Crippen LogP contribution in [0.3, 0.4) is 0 Å². The number of fused-ring (bicyclic) bond motifs is 1. The quantitative estimate of drug-likeness (QED) is 0.191. The number of unbranched alkanes of at least 4 members (excludes halogenated alkanes) is 1. The Hall–Kier alpha value is -4.59. The van der Waals surface area contributed by atoms with Crippen molar-refractivity contribution >= 4 is 5.91 Å². The lowest BCUT2D eigenvalue weighted by Crippen LogP contribution is -2.55. The Morgan fingerprint density at radius 2 is 1.58 bits per heavy atom. The predicted molar refractivity (Wildman–Crippen MR) is 168 cm³/mol. The molecule has 3 aromatic carbocycles. The maximum absolute atomic E-state index is 14.4. The maximum Gasteiger partial charge on any atom is 0.277 e. The van der Waals surface area contributed by atoms with E-state index < -0.39 is 11.9 Å². The molecule has 2 heterocycles. The fraction of sp³-hybridized carbons (Fsp3) is 0.314. The van der Waals surface area contributed by atoms with E-state index in [0.29, 0.717) is 18.9 Å². The number of rotatable bonds is 11. The van der Waals surface area contributed by atoms with Crippen LogP contribution in [0.4, 0.5) is 4.39 Å². The number of halogens is 1. The van der Waals surface area contributed by atoms with Gasteiger partial charge in [-0.1, -0.05) is 87.9 Å². The van der Waals surface area contributed by atoms with Crippen LogP contribution in [0.15, 0.2) is 95.9 Å². The van der Waals surface area contributed by atoms with Gasteiger partial charge in [0.25, 0.3) is 5.91 Å². The topological polar surface area (TPSA) is 64.0 Å². The smallest absolute Gasteiger partial charge is 0.277 e. The summed E-state index contributed by atoms with van der Waals surface area (Å²) in [5.41, 5.74) is 2.33. The van der Waals surface area contributed by atoms with Gasteiger partial charge in [0.1, 0.15) is 30.9 Å². The Kier molecular flexibility index (Phi) is 11.0. The molecule has 4 aromatic rings. The van der Waals surface area contributed by atoms with E-state index in [1.807, 2.05) is 86.4 Å². The average Bonchev–Trinajstić information content (AvgIpc) is 3.04. The molecule has 0 bridgehead atoms. The van der Waals surface area contributed by atoms with Crippen molar-refractivity contribution in [2.75, 3.05) is 24.8 Å². The van der Waals surface area contributed by atoms with E-state index in [4.69, 9.17) is 9.47 Å². The summed E-state index contributed by atoms with van der Waals surface area (Å²) in [5.74, 6) is -0.250. The standard InChI is InChI=1S/C33H34FN3O4.C2H6/c1-3-5-19-35-23-37(30(25-14-10-7-11-15-25)27-17-16-26(34)21-29(27)40-4-2)36-20-18-28(38)32(31(36)33(35)39)41-22-24-12-8-6-9-13-24;1-2/h6-18,20-21,30H,3-5,19,22-23H2,1-2H3;1-2H3. The molecule has 0 saturated carbocycles. The number of pyridine rings is 1. The monoisotopic (exact) mass is 585 g/mol. The molecule has 8 heteroatoms. The third-order valence-electron chi connectivity index (χ3n) is 7.11. The molecule has 0 spiro atoms. The SMILES string of the molecule is CC.CCCCN1CN(C(c2ccccc2)c2ccc(F)cc2OCC)n2ccc(=O)c(OCc3ccccc3)c2C1=O. The van der Waals surface area contributed by atoms with Crippen molar-refractivity contribution in [3.05, 3.63) is 130 Å². The number of hydrogen-bond acceptors (Lipinski definition) is 5. The summed E-state index contributed by atoms with van der Waals surface area (Å²) in [5, 5.41) is 2.01. The molecular formula is C35H40FN3O4. The van der Waals surface area contributed by atoms with Gasteiger partial charge in [0.15, 0.2) is 11.4 Å². The summed E-state index contributed by atoms with van der Waals surface area (Å²) >= 11 is 0. The highest BCUT2D eigenvalue weighted by molar-refractivity contribution is 5.96. The molecule has 0 N–H and O–H groups in total. The Bertz CT molecular complexity index is 1540. The summed E-state index contributed by atoms with van der Waals surface area (Å²) in [6, 6.07) is 24.8. The van der Waals surface area contributed by atoms with Gasteiger partial charge in [-0.2, -0.15) is 0 Å². The number of hydrogen-bond donors (Lipinski definition) is 0. The van der Waals surface area contributed by atoms with E-state index in [-0.39, 0.29) is 36.1 Å². The molecule has 1 atom stereocenters. The van der Waals surface area contributed by atoms with Crippen molar-refractivity contribution in [3.63, 3.8) is 0 Å². The van der Waals surface area contributed by atoms with Crippen molar-refractivity contribution < 1.29 is 18.7 Å². The van der Waals surface area contributed by atoms with Crippen molar-refractivity contribution in [2.24, 2.45) is 0 Å². The first-order valence-electron chi connectivity index (χ1n) is 15.0. The predicted octanol–water partition coefficient (Wildman–Crippen LogP) is 6.93. The minimum absolute atomic E-state index is 0.00324. The van der Waals surface area contributed by atoms with Gasteiger partial charge in [-0.25, -0.2) is 4.39 Å². The highest BCUT2D eigenvalue weighted by Crippen LogP contribution is 2.37. The van der Waals surface area contributed by atoms with Crippen molar-refractivity contribution in [3.8, 4) is 11.5 Å². The summed E-state index contributed by atoms with van der Waals surface area (Å²) < 4.78 is 28.1. The summed E-state index contributed by atoms with van der Waals surface area (Å²) in [4.78, 5) is 28.9. The second-order valence-electron chi connectivity index (χ2n) is 9.91. The number of nitrogens with zero attached hydrogens (tertiary/aromatic N) is 3. The molecule has 0 aliphatic carbocycles. The Labute approximate surface area is 253 Å². The first kappa shape index (κ1) is 31.3. The number of carbonyl (C=O) groups excluding carboxylic acids is 1. The maximum atomic E-state index is 14.4. The second kappa shape index (κ2) is 15.0. The zero-order chi connectivity index (χ0) is 30.8. The van der Waals surface area contributed by atoms with Crippen LogP contribution in [-0.2, 0) is 6.61 Å². The largest absolute Gasteiger partial charge is 0.493 e. The van der Waals surface area contributed by atoms with E-state index in [1.165, 1.54) is 18.2 Å². The average molecular weight is 586 g/mol. The molecule has 0 radical (unpaired) electrons. The van der Waals surface area contributed by atoms with Gasteiger partial charge >= 0.3 is 0 Å². The fourth-order valence-electron chi connectivity index (χ4n) is 5.13. The minimum atomic E-state index is -0.473. The second-order valence-corrected chi connectivity index (χ2v) is 9.91. The lowest BCUT2D eigenvalue weighted by atomic mass is 9.96. The molecule has 1 amide bonds. The van der Waals surface area contributed by atoms with Gasteiger partial charge in [-0.3, -0.25) is 19.3 Å². The number of ether oxygens (including phenoxy) is 2. The van der Waals surface area contributed by atoms with Crippen LogP contribution in [-0.4, -0.2) is 35.3 Å². The zero-order valence-electron chi connectivity index (χ0n) is 25.3. The highest BCUT2D eigenvalue weighted by atomic mass is 19.1. The van der Waals surface area contributed by atoms with Gasteiger partial charge in [0.2, 0.25) is 5.43 Å². The van der Waals surface area contributed by atoms with Crippen molar-refractivity contribution in [1.82, 2.24) is 9.58 Å². The zero-order valence-corrected chi connectivity index (χ0v) is 25.3. The molecule has 5 rings (SSSR count). The Morgan fingerprint density at radius 3 is 2.26 bits per heavy atom. The van der Waals surface area contributed by atoms with Crippen LogP contribution in [0.25, 0.3) is 0 Å². The molecule has 43 heavy (non-hydrogen) atoms. The minimum Gasteiger partial charge on any atom is -0.493 e. The van der Waals surface area contributed by atoms with Gasteiger partial charge in [-0.05, 0) is 36.6 Å². The number of aromatic nitrogens is 1. The fourth-order valence-corrected chi connectivity index (χ4v) is 5.13. The third kappa shape index (κ3) is 7.08. The van der Waals surface area contributed by atoms with E-state index in [0.717, 1.165) is 29.5 Å². The van der Waals surface area contributed by atoms with Crippen molar-refractivity contribution in [1.29, 1.82) is 0 Å². The molecule has 0 saturated heterocycles. The summed E-state index contributed by atoms with van der Waals surface area (Å²) in [6.07, 6.45) is 3.31. The molecule has 1 aliphatic heterocycles. The lowest BCUT2D eigenvalue weighted by molar-refractivity contribution is 0.0674. The lowest BCUT2D eigenvalue weighted by Gasteiger charge is -2.44. The third-order valence-corrected chi connectivity index (χ3v) is 7.11. The number of amides is 1. The Morgan fingerprint density at radius 1 is 0.884 bits per heavy atom. The van der Waals surface area contributed by atoms with Gasteiger partial charge in [0, 0.05) is 30.4 Å². The molecule has 226 valence electrons. The first-order chi connectivity index (χ1) is 21.0. The number of benzene rings is 3. The van der Waals surface area contributed by atoms with Crippen LogP contribution in [0.2, 0.25) is 0 Å². The summed E-state index contributed by atoms with van der Waals surface area (Å²) in [7, 11) is 0. The molecule has 1 unspecified atom stereocenters. The summed E-state index contributed by atoms with van der Waals surface area (Å²) in [6.45, 7) is 9.18. The molecular weight excluding hydrogens is 545 g/mol. The van der Waals surface area contributed by atoms with Gasteiger partial charge < -0.3 is 14.4 Å². The highest BCUT2D eigenvalue weighted by Gasteiger charge is 2.37. The van der Waals surface area contributed by atoms with Gasteiger partial charge in [-0.15, -0.1) is 0 Å². The number of carbonyl (C=O) groups is 1. The van der Waals surface area contributed by atoms with E-state index in [9.17, 15) is 14.0 Å². The molecule has 7 nitrogen and oxygen atoms in total. The first-order valence-corrected chi connectivity index (χ1v) is 15.0. The Balaban J connectivity index is 0.00000207. The molecule has 1 aliphatic rings. The van der Waals surface area contributed by atoms with Crippen LogP contribution < -0.4 is 19.9 Å². The molecule has 1 aromatic heterocycles. The normalized spacial score (nSPS) is 13.1. The van der Waals surface area contributed by atoms with Crippen molar-refractivity contribution in [2.45, 2.75) is 53.2 Å².